The second-order valence-electron chi connectivity index (χ2n) is 5.31. The van der Waals surface area contributed by atoms with Crippen molar-refractivity contribution in [1.82, 2.24) is 10.2 Å². The zero-order valence-electron chi connectivity index (χ0n) is 11.8. The van der Waals surface area contributed by atoms with Crippen molar-refractivity contribution < 1.29 is 9.21 Å². The number of nitrogens with one attached hydrogen (secondary N) is 1. The number of carbonyl (C=O) groups is 1. The highest BCUT2D eigenvalue weighted by Gasteiger charge is 2.26. The Labute approximate surface area is 132 Å². The summed E-state index contributed by atoms with van der Waals surface area (Å²) in [6.07, 6.45) is 0.737. The Bertz CT molecular complexity index is 653. The molecule has 1 aliphatic rings. The summed E-state index contributed by atoms with van der Waals surface area (Å²) < 4.78 is 6.13. The molecule has 21 heavy (non-hydrogen) atoms. The summed E-state index contributed by atoms with van der Waals surface area (Å²) in [5.41, 5.74) is 2.53. The van der Waals surface area contributed by atoms with Crippen molar-refractivity contribution in [3.05, 3.63) is 58.0 Å². The summed E-state index contributed by atoms with van der Waals surface area (Å²) in [7, 11) is 1.81. The summed E-state index contributed by atoms with van der Waals surface area (Å²) in [5.74, 6) is 0.867. The average molecular weight is 349 g/mol. The van der Waals surface area contributed by atoms with Crippen LogP contribution in [0.25, 0.3) is 0 Å². The second-order valence-corrected chi connectivity index (χ2v) is 6.09. The molecule has 110 valence electrons. The fourth-order valence-electron chi connectivity index (χ4n) is 2.64. The van der Waals surface area contributed by atoms with E-state index in [0.717, 1.165) is 18.7 Å². The first-order chi connectivity index (χ1) is 10.1. The molecule has 4 nitrogen and oxygen atoms in total. The smallest absolute Gasteiger partial charge is 0.240 e. The minimum atomic E-state index is -0.164. The number of hydrogen-bond acceptors (Lipinski definition) is 3. The van der Waals surface area contributed by atoms with Crippen LogP contribution in [0.15, 0.2) is 45.5 Å². The Kier molecular flexibility index (Phi) is 4.12. The number of likely N-dealkylation sites (N-methyl/N-ethyl adjacent to an activating group) is 1. The largest absolute Gasteiger partial charge is 0.452 e. The Balaban J connectivity index is 1.66. The quantitative estimate of drug-likeness (QED) is 0.927. The summed E-state index contributed by atoms with van der Waals surface area (Å²) in [5, 5.41) is 3.32. The van der Waals surface area contributed by atoms with Gasteiger partial charge < -0.3 is 14.6 Å². The number of fused-ring (bicyclic) bond motifs is 1. The molecule has 0 fully saturated rings. The van der Waals surface area contributed by atoms with E-state index in [1.807, 2.05) is 24.3 Å². The van der Waals surface area contributed by atoms with Crippen molar-refractivity contribution in [2.45, 2.75) is 25.6 Å². The van der Waals surface area contributed by atoms with Crippen molar-refractivity contribution in [3.8, 4) is 0 Å². The number of amides is 1. The predicted molar refractivity (Wildman–Crippen MR) is 83.7 cm³/mol. The maximum atomic E-state index is 12.5. The lowest BCUT2D eigenvalue weighted by Crippen LogP contribution is -2.47. The fraction of sp³-hybridized carbons (Fsp3) is 0.312. The standard InChI is InChI=1S/C16H17BrN2O2/c1-19(10-13-6-7-15(17)21-13)16(20)14-8-11-4-2-3-5-12(11)9-18-14/h2-7,14,18H,8-10H2,1H3/t14-/m0/s1. The Morgan fingerprint density at radius 2 is 2.10 bits per heavy atom. The number of halogens is 1. The molecule has 1 aromatic carbocycles. The molecule has 3 rings (SSSR count). The molecule has 0 spiro atoms. The lowest BCUT2D eigenvalue weighted by atomic mass is 9.95. The molecule has 5 heteroatoms. The summed E-state index contributed by atoms with van der Waals surface area (Å²) in [6.45, 7) is 1.22. The van der Waals surface area contributed by atoms with E-state index in [-0.39, 0.29) is 11.9 Å². The highest BCUT2D eigenvalue weighted by atomic mass is 79.9. The monoisotopic (exact) mass is 348 g/mol. The second kappa shape index (κ2) is 6.03. The van der Waals surface area contributed by atoms with Crippen LogP contribution in [0.4, 0.5) is 0 Å². The van der Waals surface area contributed by atoms with Gasteiger partial charge in [0.05, 0.1) is 12.6 Å². The van der Waals surface area contributed by atoms with Gasteiger partial charge in [0.2, 0.25) is 5.91 Å². The number of rotatable bonds is 3. The van der Waals surface area contributed by atoms with Gasteiger partial charge in [-0.25, -0.2) is 0 Å². The molecule has 2 heterocycles. The highest BCUT2D eigenvalue weighted by Crippen LogP contribution is 2.19. The molecule has 0 unspecified atom stereocenters. The first-order valence-electron chi connectivity index (χ1n) is 6.93. The molecule has 0 radical (unpaired) electrons. The van der Waals surface area contributed by atoms with Gasteiger partial charge in [0, 0.05) is 13.6 Å². The van der Waals surface area contributed by atoms with Gasteiger partial charge in [0.15, 0.2) is 4.67 Å². The first kappa shape index (κ1) is 14.4. The van der Waals surface area contributed by atoms with Crippen LogP contribution in [0.1, 0.15) is 16.9 Å². The van der Waals surface area contributed by atoms with E-state index < -0.39 is 0 Å². The highest BCUT2D eigenvalue weighted by molar-refractivity contribution is 9.10. The third-order valence-corrected chi connectivity index (χ3v) is 4.20. The van der Waals surface area contributed by atoms with Gasteiger partial charge >= 0.3 is 0 Å². The number of benzene rings is 1. The first-order valence-corrected chi connectivity index (χ1v) is 7.72. The number of hydrogen-bond donors (Lipinski definition) is 1. The fourth-order valence-corrected chi connectivity index (χ4v) is 2.98. The maximum absolute atomic E-state index is 12.5. The molecule has 2 aromatic rings. The Morgan fingerprint density at radius 1 is 1.33 bits per heavy atom. The molecule has 1 aromatic heterocycles. The summed E-state index contributed by atoms with van der Waals surface area (Å²) in [4.78, 5) is 14.2. The molecule has 0 aliphatic carbocycles. The van der Waals surface area contributed by atoms with Crippen LogP contribution < -0.4 is 5.32 Å². The van der Waals surface area contributed by atoms with E-state index >= 15 is 0 Å². The van der Waals surface area contributed by atoms with E-state index in [2.05, 4.69) is 33.4 Å². The third-order valence-electron chi connectivity index (χ3n) is 3.78. The number of carbonyl (C=O) groups excluding carboxylic acids is 1. The zero-order valence-corrected chi connectivity index (χ0v) is 13.4. The number of nitrogens with zero attached hydrogens (tertiary/aromatic N) is 1. The van der Waals surface area contributed by atoms with Crippen LogP contribution in [-0.2, 0) is 24.3 Å². The van der Waals surface area contributed by atoms with E-state index in [0.29, 0.717) is 11.2 Å². The van der Waals surface area contributed by atoms with Crippen molar-refractivity contribution in [3.63, 3.8) is 0 Å². The normalized spacial score (nSPS) is 17.3. The minimum Gasteiger partial charge on any atom is -0.452 e. The topological polar surface area (TPSA) is 45.5 Å². The van der Waals surface area contributed by atoms with Crippen LogP contribution in [-0.4, -0.2) is 23.9 Å². The van der Waals surface area contributed by atoms with Gasteiger partial charge in [-0.3, -0.25) is 4.79 Å². The molecule has 1 N–H and O–H groups in total. The van der Waals surface area contributed by atoms with Crippen LogP contribution in [0.2, 0.25) is 0 Å². The van der Waals surface area contributed by atoms with Crippen molar-refractivity contribution in [2.24, 2.45) is 0 Å². The van der Waals surface area contributed by atoms with Crippen molar-refractivity contribution >= 4 is 21.8 Å². The molecule has 0 saturated heterocycles. The van der Waals surface area contributed by atoms with Gasteiger partial charge in [0.1, 0.15) is 5.76 Å². The molecule has 0 saturated carbocycles. The third kappa shape index (κ3) is 3.19. The molecule has 1 amide bonds. The van der Waals surface area contributed by atoms with Crippen LogP contribution in [0.5, 0.6) is 0 Å². The molecule has 1 aliphatic heterocycles. The summed E-state index contributed by atoms with van der Waals surface area (Å²) in [6, 6.07) is 11.8. The SMILES string of the molecule is CN(Cc1ccc(Br)o1)C(=O)[C@@H]1Cc2ccccc2CN1. The average Bonchev–Trinajstić information content (AvgIpc) is 2.91. The Morgan fingerprint density at radius 3 is 2.81 bits per heavy atom. The van der Waals surface area contributed by atoms with Gasteiger partial charge in [0.25, 0.3) is 0 Å². The molecular formula is C16H17BrN2O2. The minimum absolute atomic E-state index is 0.0945. The maximum Gasteiger partial charge on any atom is 0.240 e. The van der Waals surface area contributed by atoms with E-state index in [4.69, 9.17) is 4.42 Å². The zero-order chi connectivity index (χ0) is 14.8. The van der Waals surface area contributed by atoms with Gasteiger partial charge in [-0.05, 0) is 45.6 Å². The predicted octanol–water partition coefficient (Wildman–Crippen LogP) is 2.72. The lowest BCUT2D eigenvalue weighted by Gasteiger charge is -2.28. The molecule has 0 bridgehead atoms. The van der Waals surface area contributed by atoms with Crippen molar-refractivity contribution in [2.75, 3.05) is 7.05 Å². The van der Waals surface area contributed by atoms with Gasteiger partial charge in [-0.15, -0.1) is 0 Å². The Hall–Kier alpha value is -1.59. The van der Waals surface area contributed by atoms with Gasteiger partial charge in [-0.2, -0.15) is 0 Å². The van der Waals surface area contributed by atoms with Crippen molar-refractivity contribution in [1.29, 1.82) is 0 Å². The van der Waals surface area contributed by atoms with E-state index in [1.54, 1.807) is 11.9 Å². The molecule has 1 atom stereocenters. The number of furan rings is 1. The van der Waals surface area contributed by atoms with E-state index in [9.17, 15) is 4.79 Å². The van der Waals surface area contributed by atoms with Crippen LogP contribution in [0, 0.1) is 0 Å². The van der Waals surface area contributed by atoms with Gasteiger partial charge in [-0.1, -0.05) is 24.3 Å². The van der Waals surface area contributed by atoms with E-state index in [1.165, 1.54) is 11.1 Å². The molecular weight excluding hydrogens is 332 g/mol. The van der Waals surface area contributed by atoms with Crippen LogP contribution in [0.3, 0.4) is 0 Å². The summed E-state index contributed by atoms with van der Waals surface area (Å²) >= 11 is 3.27. The lowest BCUT2D eigenvalue weighted by molar-refractivity contribution is -0.133. The van der Waals surface area contributed by atoms with Crippen LogP contribution >= 0.6 is 15.9 Å².